The van der Waals surface area contributed by atoms with Crippen molar-refractivity contribution in [2.45, 2.75) is 56.6 Å². The highest BCUT2D eigenvalue weighted by Gasteiger charge is 2.36. The Balaban J connectivity index is 2.29. The van der Waals surface area contributed by atoms with E-state index in [1.807, 2.05) is 0 Å². The first-order valence-electron chi connectivity index (χ1n) is 10.0. The molecule has 1 aromatic carbocycles. The van der Waals surface area contributed by atoms with Crippen LogP contribution in [0.1, 0.15) is 66.9 Å². The molecular weight excluding hydrogens is 398 g/mol. The molecule has 1 aliphatic rings. The minimum atomic E-state index is -1.10. The summed E-state index contributed by atoms with van der Waals surface area (Å²) in [6.45, 7) is 2.96. The molecule has 2 rings (SSSR count). The van der Waals surface area contributed by atoms with Crippen molar-refractivity contribution >= 4 is 11.8 Å². The Hall–Kier alpha value is -2.88. The highest BCUT2D eigenvalue weighted by Crippen LogP contribution is 2.31. The molecule has 8 nitrogen and oxygen atoms in total. The first-order valence-corrected chi connectivity index (χ1v) is 10.0. The lowest BCUT2D eigenvalue weighted by molar-refractivity contribution is -0.132. The Morgan fingerprint density at radius 1 is 1.29 bits per heavy atom. The molecule has 0 unspecified atom stereocenters. The number of benzene rings is 1. The highest BCUT2D eigenvalue weighted by molar-refractivity contribution is 5.97. The first kappa shape index (κ1) is 24.4. The van der Waals surface area contributed by atoms with Crippen molar-refractivity contribution in [3.63, 3.8) is 0 Å². The van der Waals surface area contributed by atoms with E-state index in [0.717, 1.165) is 0 Å². The summed E-state index contributed by atoms with van der Waals surface area (Å²) < 4.78 is 0. The van der Waals surface area contributed by atoms with Crippen LogP contribution in [0.15, 0.2) is 18.2 Å². The van der Waals surface area contributed by atoms with Gasteiger partial charge in [-0.3, -0.25) is 14.8 Å². The van der Waals surface area contributed by atoms with Crippen molar-refractivity contribution in [3.8, 4) is 23.7 Å². The number of nitrogens with one attached hydrogen (secondary N) is 1. The lowest BCUT2D eigenvalue weighted by atomic mass is 9.79. The molecule has 0 spiro atoms. The Kier molecular flexibility index (Phi) is 7.83. The van der Waals surface area contributed by atoms with Crippen LogP contribution < -0.4 is 16.9 Å². The van der Waals surface area contributed by atoms with Crippen LogP contribution in [-0.4, -0.2) is 45.0 Å². The van der Waals surface area contributed by atoms with Crippen molar-refractivity contribution < 1.29 is 25.0 Å². The van der Waals surface area contributed by atoms with Gasteiger partial charge >= 0.3 is 0 Å². The number of aliphatic hydroxyl groups is 2. The van der Waals surface area contributed by atoms with Crippen molar-refractivity contribution in [1.82, 2.24) is 5.48 Å². The standard InChI is InChI=1S/C23H29N3O5/c1-22(2,25)19(21(29)26-31)18-13-16(7-8-17(18)20(24)28)6-4-3-5-15-9-11-23(30,14-27)12-10-15/h7-8,13,15,19,27,30-31H,9-12,14,25H2,1-2H3,(H2,24,28)(H,26,29)/t15?,19-,23?/m1/s1. The zero-order valence-electron chi connectivity index (χ0n) is 17.7. The van der Waals surface area contributed by atoms with Crippen LogP contribution in [0.4, 0.5) is 0 Å². The number of primary amides is 1. The van der Waals surface area contributed by atoms with Crippen LogP contribution >= 0.6 is 0 Å². The largest absolute Gasteiger partial charge is 0.393 e. The van der Waals surface area contributed by atoms with Gasteiger partial charge in [0, 0.05) is 22.6 Å². The van der Waals surface area contributed by atoms with Crippen molar-refractivity contribution in [1.29, 1.82) is 0 Å². The maximum absolute atomic E-state index is 12.3. The summed E-state index contributed by atoms with van der Waals surface area (Å²) >= 11 is 0. The third-order valence-electron chi connectivity index (χ3n) is 5.50. The molecule has 1 atom stereocenters. The quantitative estimate of drug-likeness (QED) is 0.226. The van der Waals surface area contributed by atoms with Gasteiger partial charge in [0.1, 0.15) is 0 Å². The fourth-order valence-corrected chi connectivity index (χ4v) is 3.75. The normalized spacial score (nSPS) is 21.7. The number of carbonyl (C=O) groups is 2. The Labute approximate surface area is 182 Å². The van der Waals surface area contributed by atoms with Gasteiger partial charge in [0.25, 0.3) is 5.91 Å². The predicted octanol–water partition coefficient (Wildman–Crippen LogP) is 0.380. The molecule has 0 aliphatic heterocycles. The van der Waals surface area contributed by atoms with Gasteiger partial charge < -0.3 is 21.7 Å². The van der Waals surface area contributed by atoms with Crippen LogP contribution in [0, 0.1) is 29.6 Å². The number of hydrogen-bond donors (Lipinski definition) is 6. The molecule has 1 aromatic rings. The van der Waals surface area contributed by atoms with Gasteiger partial charge in [-0.1, -0.05) is 11.8 Å². The molecule has 0 saturated heterocycles. The molecule has 8 heteroatoms. The topological polar surface area (TPSA) is 159 Å². The highest BCUT2D eigenvalue weighted by atomic mass is 16.5. The van der Waals surface area contributed by atoms with E-state index < -0.39 is 28.9 Å². The average molecular weight is 428 g/mol. The van der Waals surface area contributed by atoms with Crippen molar-refractivity contribution in [2.24, 2.45) is 17.4 Å². The van der Waals surface area contributed by atoms with Crippen LogP contribution in [0.5, 0.6) is 0 Å². The summed E-state index contributed by atoms with van der Waals surface area (Å²) in [6, 6.07) is 4.61. The smallest absolute Gasteiger partial charge is 0.252 e. The van der Waals surface area contributed by atoms with Crippen LogP contribution in [0.3, 0.4) is 0 Å². The third-order valence-corrected chi connectivity index (χ3v) is 5.50. The number of nitrogens with two attached hydrogens (primary N) is 2. The van der Waals surface area contributed by atoms with Gasteiger partial charge in [-0.2, -0.15) is 0 Å². The van der Waals surface area contributed by atoms with Gasteiger partial charge in [-0.05, 0) is 75.1 Å². The Morgan fingerprint density at radius 3 is 2.45 bits per heavy atom. The average Bonchev–Trinajstić information content (AvgIpc) is 2.71. The number of aliphatic hydroxyl groups excluding tert-OH is 1. The molecule has 0 heterocycles. The van der Waals surface area contributed by atoms with Gasteiger partial charge in [-0.25, -0.2) is 5.48 Å². The third kappa shape index (κ3) is 6.30. The van der Waals surface area contributed by atoms with Crippen LogP contribution in [-0.2, 0) is 4.79 Å². The molecule has 1 saturated carbocycles. The fraction of sp³-hybridized carbons (Fsp3) is 0.478. The SMILES string of the molecule is CC(C)(N)[C@@H](C(=O)NO)c1cc(C#CC#CC2CCC(O)(CO)CC2)ccc1C(N)=O. The zero-order chi connectivity index (χ0) is 23.2. The molecule has 8 N–H and O–H groups in total. The minimum absolute atomic E-state index is 0.101. The monoisotopic (exact) mass is 427 g/mol. The molecule has 1 fully saturated rings. The summed E-state index contributed by atoms with van der Waals surface area (Å²) in [7, 11) is 0. The summed E-state index contributed by atoms with van der Waals surface area (Å²) in [5.41, 5.74) is 12.0. The van der Waals surface area contributed by atoms with Gasteiger partial charge in [0.15, 0.2) is 0 Å². The van der Waals surface area contributed by atoms with E-state index in [-0.39, 0.29) is 23.7 Å². The van der Waals surface area contributed by atoms with Crippen molar-refractivity contribution in [3.05, 3.63) is 34.9 Å². The van der Waals surface area contributed by atoms with E-state index in [1.54, 1.807) is 31.5 Å². The fourth-order valence-electron chi connectivity index (χ4n) is 3.75. The second-order valence-electron chi connectivity index (χ2n) is 8.57. The molecular formula is C23H29N3O5. The molecule has 0 aromatic heterocycles. The number of rotatable bonds is 5. The Bertz CT molecular complexity index is 951. The minimum Gasteiger partial charge on any atom is -0.393 e. The van der Waals surface area contributed by atoms with Gasteiger partial charge in [0.05, 0.1) is 18.1 Å². The lowest BCUT2D eigenvalue weighted by Crippen LogP contribution is -2.47. The molecule has 0 bridgehead atoms. The molecule has 1 aliphatic carbocycles. The van der Waals surface area contributed by atoms with E-state index in [1.165, 1.54) is 6.07 Å². The van der Waals surface area contributed by atoms with E-state index in [9.17, 15) is 19.8 Å². The lowest BCUT2D eigenvalue weighted by Gasteiger charge is -2.32. The van der Waals surface area contributed by atoms with Gasteiger partial charge in [0.2, 0.25) is 5.91 Å². The summed E-state index contributed by atoms with van der Waals surface area (Å²) in [5.74, 6) is 9.08. The summed E-state index contributed by atoms with van der Waals surface area (Å²) in [6.07, 6.45) is 2.37. The number of hydroxylamine groups is 1. The van der Waals surface area contributed by atoms with Crippen LogP contribution in [0.2, 0.25) is 0 Å². The van der Waals surface area contributed by atoms with Gasteiger partial charge in [-0.15, -0.1) is 0 Å². The van der Waals surface area contributed by atoms with Crippen molar-refractivity contribution in [2.75, 3.05) is 6.61 Å². The Morgan fingerprint density at radius 2 is 1.94 bits per heavy atom. The van der Waals surface area contributed by atoms with E-state index >= 15 is 0 Å². The number of amides is 2. The number of hydrogen-bond acceptors (Lipinski definition) is 6. The van der Waals surface area contributed by atoms with E-state index in [2.05, 4.69) is 23.7 Å². The summed E-state index contributed by atoms with van der Waals surface area (Å²) in [4.78, 5) is 24.1. The van der Waals surface area contributed by atoms with Crippen LogP contribution in [0.25, 0.3) is 0 Å². The van der Waals surface area contributed by atoms with E-state index in [4.69, 9.17) is 16.7 Å². The molecule has 2 amide bonds. The predicted molar refractivity (Wildman–Crippen MR) is 115 cm³/mol. The molecule has 0 radical (unpaired) electrons. The second-order valence-corrected chi connectivity index (χ2v) is 8.57. The second kappa shape index (κ2) is 9.95. The maximum Gasteiger partial charge on any atom is 0.252 e. The first-order chi connectivity index (χ1) is 14.5. The molecule has 31 heavy (non-hydrogen) atoms. The zero-order valence-corrected chi connectivity index (χ0v) is 17.7. The van der Waals surface area contributed by atoms with E-state index in [0.29, 0.717) is 31.2 Å². The molecule has 166 valence electrons. The maximum atomic E-state index is 12.3. The summed E-state index contributed by atoms with van der Waals surface area (Å²) in [5, 5.41) is 28.4. The number of carbonyl (C=O) groups excluding carboxylic acids is 2.